The highest BCUT2D eigenvalue weighted by Gasteiger charge is 2.17. The number of carboxylic acids is 1. The first kappa shape index (κ1) is 15.0. The molecule has 108 valence electrons. The molecule has 7 heteroatoms. The predicted molar refractivity (Wildman–Crippen MR) is 75.3 cm³/mol. The summed E-state index contributed by atoms with van der Waals surface area (Å²) in [5.74, 6) is -1.76. The molecule has 0 heterocycles. The molecule has 0 radical (unpaired) electrons. The molecule has 5 nitrogen and oxygen atoms in total. The van der Waals surface area contributed by atoms with Gasteiger partial charge in [-0.15, -0.1) is 0 Å². The van der Waals surface area contributed by atoms with E-state index in [0.29, 0.717) is 10.5 Å². The van der Waals surface area contributed by atoms with E-state index >= 15 is 0 Å². The molecule has 0 saturated heterocycles. The Bertz CT molecular complexity index is 733. The highest BCUT2D eigenvalue weighted by atomic mass is 32.2. The number of nitrogens with zero attached hydrogens (tertiary/aromatic N) is 1. The molecule has 21 heavy (non-hydrogen) atoms. The fraction of sp³-hybridized carbons (Fsp3) is 0.0714. The van der Waals surface area contributed by atoms with Gasteiger partial charge in [0.2, 0.25) is 0 Å². The fourth-order valence-corrected chi connectivity index (χ4v) is 2.68. The van der Waals surface area contributed by atoms with Crippen LogP contribution in [-0.4, -0.2) is 16.0 Å². The van der Waals surface area contributed by atoms with Crippen molar-refractivity contribution >= 4 is 23.4 Å². The Balaban J connectivity index is 2.41. The predicted octanol–water partition coefficient (Wildman–Crippen LogP) is 3.89. The topological polar surface area (TPSA) is 80.4 Å². The maximum absolute atomic E-state index is 13.1. The van der Waals surface area contributed by atoms with Crippen molar-refractivity contribution in [3.05, 3.63) is 63.5 Å². The van der Waals surface area contributed by atoms with Crippen LogP contribution in [0.5, 0.6) is 0 Å². The summed E-state index contributed by atoms with van der Waals surface area (Å²) in [6.07, 6.45) is 0. The second kappa shape index (κ2) is 5.92. The van der Waals surface area contributed by atoms with E-state index in [9.17, 15) is 19.3 Å². The molecule has 0 bridgehead atoms. The molecule has 0 unspecified atom stereocenters. The number of aryl methyl sites for hydroxylation is 1. The molecule has 0 amide bonds. The third kappa shape index (κ3) is 3.38. The number of carbonyl (C=O) groups is 1. The van der Waals surface area contributed by atoms with Gasteiger partial charge in [-0.3, -0.25) is 10.1 Å². The number of carboxylic acid groups (broad SMARTS) is 1. The Kier molecular flexibility index (Phi) is 4.23. The lowest BCUT2D eigenvalue weighted by Gasteiger charge is -2.06. The van der Waals surface area contributed by atoms with Crippen molar-refractivity contribution in [3.63, 3.8) is 0 Å². The zero-order valence-electron chi connectivity index (χ0n) is 10.9. The number of benzene rings is 2. The van der Waals surface area contributed by atoms with Crippen molar-refractivity contribution in [2.45, 2.75) is 16.7 Å². The highest BCUT2D eigenvalue weighted by molar-refractivity contribution is 7.99. The summed E-state index contributed by atoms with van der Waals surface area (Å²) < 4.78 is 13.1. The normalized spacial score (nSPS) is 10.4. The van der Waals surface area contributed by atoms with Crippen molar-refractivity contribution in [3.8, 4) is 0 Å². The monoisotopic (exact) mass is 307 g/mol. The number of nitro groups is 1. The minimum absolute atomic E-state index is 0.129. The third-order valence-corrected chi connectivity index (χ3v) is 3.84. The Labute approximate surface area is 123 Å². The van der Waals surface area contributed by atoms with E-state index in [2.05, 4.69) is 0 Å². The van der Waals surface area contributed by atoms with Crippen LogP contribution in [0.25, 0.3) is 0 Å². The van der Waals surface area contributed by atoms with Crippen molar-refractivity contribution < 1.29 is 19.2 Å². The Morgan fingerprint density at radius 3 is 2.62 bits per heavy atom. The van der Waals surface area contributed by atoms with Crippen LogP contribution in [0.15, 0.2) is 46.2 Å². The molecule has 0 atom stereocenters. The van der Waals surface area contributed by atoms with Crippen molar-refractivity contribution in [2.75, 3.05) is 0 Å². The zero-order valence-corrected chi connectivity index (χ0v) is 11.7. The molecule has 0 spiro atoms. The molecule has 0 aromatic heterocycles. The summed E-state index contributed by atoms with van der Waals surface area (Å²) in [6.45, 7) is 1.66. The summed E-state index contributed by atoms with van der Waals surface area (Å²) in [7, 11) is 0. The van der Waals surface area contributed by atoms with Crippen LogP contribution in [-0.2, 0) is 0 Å². The third-order valence-electron chi connectivity index (χ3n) is 2.78. The average molecular weight is 307 g/mol. The van der Waals surface area contributed by atoms with Crippen molar-refractivity contribution in [2.24, 2.45) is 0 Å². The first-order valence-corrected chi connectivity index (χ1v) is 6.66. The van der Waals surface area contributed by atoms with Crippen molar-refractivity contribution in [1.82, 2.24) is 0 Å². The minimum Gasteiger partial charge on any atom is -0.478 e. The van der Waals surface area contributed by atoms with Gasteiger partial charge in [0, 0.05) is 4.90 Å². The van der Waals surface area contributed by atoms with Crippen LogP contribution < -0.4 is 0 Å². The second-order valence-corrected chi connectivity index (χ2v) is 5.37. The number of aromatic carboxylic acids is 1. The SMILES string of the molecule is Cc1ccc(Sc2ccc(F)cc2[N+](=O)[O-])cc1C(=O)O. The van der Waals surface area contributed by atoms with E-state index in [1.54, 1.807) is 19.1 Å². The number of rotatable bonds is 4. The van der Waals surface area contributed by atoms with Gasteiger partial charge < -0.3 is 5.11 Å². The van der Waals surface area contributed by atoms with E-state index in [-0.39, 0.29) is 16.1 Å². The van der Waals surface area contributed by atoms with Gasteiger partial charge in [-0.2, -0.15) is 0 Å². The summed E-state index contributed by atoms with van der Waals surface area (Å²) in [5, 5.41) is 20.0. The lowest BCUT2D eigenvalue weighted by molar-refractivity contribution is -0.387. The van der Waals surface area contributed by atoms with Crippen LogP contribution in [0.1, 0.15) is 15.9 Å². The maximum Gasteiger partial charge on any atom is 0.335 e. The fourth-order valence-electron chi connectivity index (χ4n) is 1.74. The molecule has 2 rings (SSSR count). The van der Waals surface area contributed by atoms with E-state index in [1.165, 1.54) is 12.1 Å². The van der Waals surface area contributed by atoms with E-state index in [4.69, 9.17) is 5.11 Å². The van der Waals surface area contributed by atoms with Crippen LogP contribution in [0.4, 0.5) is 10.1 Å². The summed E-state index contributed by atoms with van der Waals surface area (Å²) in [5.41, 5.74) is 0.377. The molecular weight excluding hydrogens is 297 g/mol. The highest BCUT2D eigenvalue weighted by Crippen LogP contribution is 2.35. The first-order valence-electron chi connectivity index (χ1n) is 5.84. The van der Waals surface area contributed by atoms with E-state index in [1.807, 2.05) is 0 Å². The minimum atomic E-state index is -1.07. The number of hydrogen-bond donors (Lipinski definition) is 1. The smallest absolute Gasteiger partial charge is 0.335 e. The Hall–Kier alpha value is -2.41. The molecular formula is C14H10FNO4S. The summed E-state index contributed by atoms with van der Waals surface area (Å²) in [4.78, 5) is 22.1. The van der Waals surface area contributed by atoms with Gasteiger partial charge >= 0.3 is 5.97 Å². The lowest BCUT2D eigenvalue weighted by Crippen LogP contribution is -1.99. The number of nitro benzene ring substituents is 1. The Morgan fingerprint density at radius 1 is 1.29 bits per heavy atom. The number of hydrogen-bond acceptors (Lipinski definition) is 4. The molecule has 0 saturated carbocycles. The molecule has 0 fully saturated rings. The molecule has 2 aromatic rings. The second-order valence-electron chi connectivity index (χ2n) is 4.25. The van der Waals surface area contributed by atoms with E-state index in [0.717, 1.165) is 23.9 Å². The van der Waals surface area contributed by atoms with Gasteiger partial charge in [0.15, 0.2) is 0 Å². The van der Waals surface area contributed by atoms with Crippen LogP contribution >= 0.6 is 11.8 Å². The Morgan fingerprint density at radius 2 is 2.00 bits per heavy atom. The van der Waals surface area contributed by atoms with Gasteiger partial charge in [-0.25, -0.2) is 9.18 Å². The number of halogens is 1. The van der Waals surface area contributed by atoms with Crippen LogP contribution in [0, 0.1) is 22.9 Å². The van der Waals surface area contributed by atoms with Gasteiger partial charge in [0.1, 0.15) is 5.82 Å². The van der Waals surface area contributed by atoms with E-state index < -0.39 is 16.7 Å². The van der Waals surface area contributed by atoms with Gasteiger partial charge in [0.25, 0.3) is 5.69 Å². The van der Waals surface area contributed by atoms with Crippen LogP contribution in [0.3, 0.4) is 0 Å². The standard InChI is InChI=1S/C14H10FNO4S/c1-8-2-4-10(7-11(8)14(17)18)21-13-5-3-9(15)6-12(13)16(19)20/h2-7H,1H3,(H,17,18). The molecule has 0 aliphatic carbocycles. The van der Waals surface area contributed by atoms with Crippen LogP contribution in [0.2, 0.25) is 0 Å². The van der Waals surface area contributed by atoms with Crippen molar-refractivity contribution in [1.29, 1.82) is 0 Å². The van der Waals surface area contributed by atoms with Gasteiger partial charge in [-0.05, 0) is 36.8 Å². The van der Waals surface area contributed by atoms with Gasteiger partial charge in [0.05, 0.1) is 21.4 Å². The summed E-state index contributed by atoms with van der Waals surface area (Å²) in [6, 6.07) is 8.00. The summed E-state index contributed by atoms with van der Waals surface area (Å²) >= 11 is 1.02. The first-order chi connectivity index (χ1) is 9.88. The quantitative estimate of drug-likeness (QED) is 0.684. The lowest BCUT2D eigenvalue weighted by atomic mass is 10.1. The molecule has 2 aromatic carbocycles. The average Bonchev–Trinajstić information content (AvgIpc) is 2.42. The molecule has 1 N–H and O–H groups in total. The molecule has 0 aliphatic rings. The maximum atomic E-state index is 13.1. The molecule has 0 aliphatic heterocycles. The van der Waals surface area contributed by atoms with Gasteiger partial charge in [-0.1, -0.05) is 17.8 Å². The largest absolute Gasteiger partial charge is 0.478 e. The zero-order chi connectivity index (χ0) is 15.6.